The highest BCUT2D eigenvalue weighted by Gasteiger charge is 2.18. The number of hydrogen-bond acceptors (Lipinski definition) is 5. The van der Waals surface area contributed by atoms with Crippen LogP contribution in [0, 0.1) is 10.1 Å². The lowest BCUT2D eigenvalue weighted by Crippen LogP contribution is -1.96. The molecule has 0 amide bonds. The Kier molecular flexibility index (Phi) is 4.39. The van der Waals surface area contributed by atoms with Crippen molar-refractivity contribution in [2.24, 2.45) is 0 Å². The first-order chi connectivity index (χ1) is 10.0. The monoisotopic (exact) mass is 307 g/mol. The summed E-state index contributed by atoms with van der Waals surface area (Å²) in [5.41, 5.74) is -0.0101. The Morgan fingerprint density at radius 1 is 1.19 bits per heavy atom. The molecule has 0 radical (unpaired) electrons. The second-order valence-corrected chi connectivity index (χ2v) is 4.43. The van der Waals surface area contributed by atoms with Crippen molar-refractivity contribution in [2.45, 2.75) is 0 Å². The Bertz CT molecular complexity index is 702. The maximum atomic E-state index is 11.0. The van der Waals surface area contributed by atoms with Gasteiger partial charge in [0.15, 0.2) is 6.29 Å². The number of methoxy groups -OCH3 is 1. The highest BCUT2D eigenvalue weighted by atomic mass is 35.5. The van der Waals surface area contributed by atoms with Crippen LogP contribution in [0.3, 0.4) is 0 Å². The molecule has 0 bridgehead atoms. The number of nitrogens with zero attached hydrogens (tertiary/aromatic N) is 1. The Labute approximate surface area is 125 Å². The largest absolute Gasteiger partial charge is 0.497 e. The van der Waals surface area contributed by atoms with Gasteiger partial charge in [0.25, 0.3) is 0 Å². The van der Waals surface area contributed by atoms with Crippen molar-refractivity contribution in [1.82, 2.24) is 0 Å². The summed E-state index contributed by atoms with van der Waals surface area (Å²) in [6.07, 6.45) is 0.581. The van der Waals surface area contributed by atoms with E-state index in [0.29, 0.717) is 17.1 Å². The lowest BCUT2D eigenvalue weighted by molar-refractivity contribution is -0.385. The molecule has 0 N–H and O–H groups in total. The van der Waals surface area contributed by atoms with Gasteiger partial charge in [-0.1, -0.05) is 11.6 Å². The SMILES string of the molecule is COc1ccc([N+](=O)[O-])c(Oc2cc(Cl)ccc2C=O)c1. The third kappa shape index (κ3) is 3.29. The van der Waals surface area contributed by atoms with Gasteiger partial charge in [-0.15, -0.1) is 0 Å². The van der Waals surface area contributed by atoms with Gasteiger partial charge in [-0.25, -0.2) is 0 Å². The number of hydrogen-bond donors (Lipinski definition) is 0. The van der Waals surface area contributed by atoms with Crippen LogP contribution in [0.15, 0.2) is 36.4 Å². The van der Waals surface area contributed by atoms with Crippen molar-refractivity contribution in [1.29, 1.82) is 0 Å². The third-order valence-electron chi connectivity index (χ3n) is 2.69. The molecular formula is C14H10ClNO5. The molecule has 2 rings (SSSR count). The molecule has 0 heterocycles. The summed E-state index contributed by atoms with van der Waals surface area (Å²) in [5, 5.41) is 11.4. The van der Waals surface area contributed by atoms with Gasteiger partial charge in [0, 0.05) is 23.2 Å². The van der Waals surface area contributed by atoms with Crippen molar-refractivity contribution >= 4 is 23.6 Å². The number of halogens is 1. The van der Waals surface area contributed by atoms with E-state index in [1.165, 1.54) is 43.5 Å². The molecule has 0 spiro atoms. The molecule has 0 unspecified atom stereocenters. The number of aldehydes is 1. The molecule has 0 aliphatic rings. The van der Waals surface area contributed by atoms with Gasteiger partial charge in [-0.2, -0.15) is 0 Å². The fourth-order valence-corrected chi connectivity index (χ4v) is 1.83. The van der Waals surface area contributed by atoms with Gasteiger partial charge < -0.3 is 9.47 Å². The first kappa shape index (κ1) is 14.8. The van der Waals surface area contributed by atoms with E-state index in [1.54, 1.807) is 0 Å². The number of nitro groups is 1. The van der Waals surface area contributed by atoms with Crippen LogP contribution in [-0.2, 0) is 0 Å². The summed E-state index contributed by atoms with van der Waals surface area (Å²) in [6.45, 7) is 0. The molecule has 0 saturated heterocycles. The molecule has 2 aromatic rings. The van der Waals surface area contributed by atoms with Crippen LogP contribution in [0.2, 0.25) is 5.02 Å². The van der Waals surface area contributed by atoms with E-state index in [4.69, 9.17) is 21.1 Å². The summed E-state index contributed by atoms with van der Waals surface area (Å²) < 4.78 is 10.5. The predicted molar refractivity (Wildman–Crippen MR) is 76.6 cm³/mol. The minimum Gasteiger partial charge on any atom is -0.497 e. The Morgan fingerprint density at radius 3 is 2.57 bits per heavy atom. The summed E-state index contributed by atoms with van der Waals surface area (Å²) in [4.78, 5) is 21.4. The molecule has 108 valence electrons. The molecule has 0 aromatic heterocycles. The first-order valence-corrected chi connectivity index (χ1v) is 6.18. The molecule has 2 aromatic carbocycles. The fraction of sp³-hybridized carbons (Fsp3) is 0.0714. The van der Waals surface area contributed by atoms with Gasteiger partial charge in [0.05, 0.1) is 17.6 Å². The number of carbonyl (C=O) groups is 1. The number of carbonyl (C=O) groups excluding carboxylic acids is 1. The zero-order valence-corrected chi connectivity index (χ0v) is 11.7. The van der Waals surface area contributed by atoms with E-state index in [9.17, 15) is 14.9 Å². The van der Waals surface area contributed by atoms with Gasteiger partial charge in [0.2, 0.25) is 5.75 Å². The smallest absolute Gasteiger partial charge is 0.311 e. The fourth-order valence-electron chi connectivity index (χ4n) is 1.67. The van der Waals surface area contributed by atoms with E-state index in [-0.39, 0.29) is 22.7 Å². The lowest BCUT2D eigenvalue weighted by Gasteiger charge is -2.10. The van der Waals surface area contributed by atoms with E-state index < -0.39 is 4.92 Å². The van der Waals surface area contributed by atoms with E-state index >= 15 is 0 Å². The van der Waals surface area contributed by atoms with Crippen LogP contribution in [0.1, 0.15) is 10.4 Å². The number of nitro benzene ring substituents is 1. The van der Waals surface area contributed by atoms with Crippen molar-refractivity contribution < 1.29 is 19.2 Å². The van der Waals surface area contributed by atoms with Crippen molar-refractivity contribution in [3.05, 3.63) is 57.1 Å². The standard InChI is InChI=1S/C14H10ClNO5/c1-20-11-4-5-12(16(18)19)14(7-11)21-13-6-10(15)3-2-9(13)8-17/h2-8H,1H3. The van der Waals surface area contributed by atoms with Gasteiger partial charge in [-0.05, 0) is 18.2 Å². The van der Waals surface area contributed by atoms with E-state index in [2.05, 4.69) is 0 Å². The zero-order chi connectivity index (χ0) is 15.4. The average molecular weight is 308 g/mol. The summed E-state index contributed by atoms with van der Waals surface area (Å²) in [6, 6.07) is 8.49. The maximum absolute atomic E-state index is 11.0. The molecule has 0 fully saturated rings. The van der Waals surface area contributed by atoms with Crippen LogP contribution in [0.5, 0.6) is 17.2 Å². The van der Waals surface area contributed by atoms with Gasteiger partial charge in [0.1, 0.15) is 11.5 Å². The number of rotatable bonds is 5. The average Bonchev–Trinajstić information content (AvgIpc) is 2.47. The quantitative estimate of drug-likeness (QED) is 0.476. The minimum absolute atomic E-state index is 0.0373. The highest BCUT2D eigenvalue weighted by Crippen LogP contribution is 2.36. The topological polar surface area (TPSA) is 78.7 Å². The molecule has 21 heavy (non-hydrogen) atoms. The van der Waals surface area contributed by atoms with Gasteiger partial charge >= 0.3 is 5.69 Å². The number of ether oxygens (including phenoxy) is 2. The Hall–Kier alpha value is -2.60. The minimum atomic E-state index is -0.583. The molecule has 0 aliphatic carbocycles. The van der Waals surface area contributed by atoms with Crippen molar-refractivity contribution in [2.75, 3.05) is 7.11 Å². The molecule has 0 atom stereocenters. The van der Waals surface area contributed by atoms with E-state index in [0.717, 1.165) is 0 Å². The second-order valence-electron chi connectivity index (χ2n) is 3.99. The maximum Gasteiger partial charge on any atom is 0.311 e. The lowest BCUT2D eigenvalue weighted by atomic mass is 10.2. The first-order valence-electron chi connectivity index (χ1n) is 5.80. The van der Waals surface area contributed by atoms with Crippen LogP contribution in [-0.4, -0.2) is 18.3 Å². The number of benzene rings is 2. The molecular weight excluding hydrogens is 298 g/mol. The third-order valence-corrected chi connectivity index (χ3v) is 2.92. The van der Waals surface area contributed by atoms with Crippen molar-refractivity contribution in [3.63, 3.8) is 0 Å². The molecule has 6 nitrogen and oxygen atoms in total. The zero-order valence-electron chi connectivity index (χ0n) is 10.9. The van der Waals surface area contributed by atoms with E-state index in [1.807, 2.05) is 0 Å². The summed E-state index contributed by atoms with van der Waals surface area (Å²) in [5.74, 6) is 0.490. The Balaban J connectivity index is 2.49. The normalized spacial score (nSPS) is 10.0. The van der Waals surface area contributed by atoms with Gasteiger partial charge in [-0.3, -0.25) is 14.9 Å². The van der Waals surface area contributed by atoms with Crippen LogP contribution < -0.4 is 9.47 Å². The molecule has 0 aliphatic heterocycles. The molecule has 0 saturated carbocycles. The van der Waals surface area contributed by atoms with Crippen LogP contribution >= 0.6 is 11.6 Å². The predicted octanol–water partition coefficient (Wildman–Crippen LogP) is 3.86. The summed E-state index contributed by atoms with van der Waals surface area (Å²) >= 11 is 5.85. The second kappa shape index (κ2) is 6.23. The van der Waals surface area contributed by atoms with Crippen molar-refractivity contribution in [3.8, 4) is 17.2 Å². The van der Waals surface area contributed by atoms with Crippen LogP contribution in [0.25, 0.3) is 0 Å². The molecule has 7 heteroatoms. The summed E-state index contributed by atoms with van der Waals surface area (Å²) in [7, 11) is 1.43. The van der Waals surface area contributed by atoms with Crippen LogP contribution in [0.4, 0.5) is 5.69 Å². The Morgan fingerprint density at radius 2 is 1.95 bits per heavy atom. The highest BCUT2D eigenvalue weighted by molar-refractivity contribution is 6.30.